The van der Waals surface area contributed by atoms with Crippen molar-refractivity contribution in [3.8, 4) is 6.01 Å². The van der Waals surface area contributed by atoms with Crippen molar-refractivity contribution in [1.29, 1.82) is 0 Å². The van der Waals surface area contributed by atoms with Gasteiger partial charge in [-0.05, 0) is 12.1 Å². The lowest BCUT2D eigenvalue weighted by Gasteiger charge is -2.03. The van der Waals surface area contributed by atoms with Crippen molar-refractivity contribution in [1.82, 2.24) is 15.2 Å². The van der Waals surface area contributed by atoms with E-state index in [-0.39, 0.29) is 12.0 Å². The van der Waals surface area contributed by atoms with E-state index in [1.807, 2.05) is 0 Å². The highest BCUT2D eigenvalue weighted by atomic mass is 19.2. The number of methoxy groups -OCH3 is 1. The minimum absolute atomic E-state index is 0.0407. The smallest absolute Gasteiger partial charge is 0.336 e. The Morgan fingerprint density at radius 1 is 1.32 bits per heavy atom. The SMILES string of the molecule is COc1n[nH]c(NC(=O)c2ccc(F)c(F)c2F)n1. The first-order valence-corrected chi connectivity index (χ1v) is 4.94. The van der Waals surface area contributed by atoms with Crippen LogP contribution in [0.4, 0.5) is 19.1 Å². The summed E-state index contributed by atoms with van der Waals surface area (Å²) in [4.78, 5) is 15.3. The molecule has 0 bridgehead atoms. The van der Waals surface area contributed by atoms with Gasteiger partial charge in [0.2, 0.25) is 5.95 Å². The molecule has 0 aliphatic heterocycles. The van der Waals surface area contributed by atoms with Crippen LogP contribution in [0.5, 0.6) is 6.01 Å². The summed E-state index contributed by atoms with van der Waals surface area (Å²) in [5.41, 5.74) is -0.658. The first kappa shape index (κ1) is 12.9. The number of amides is 1. The third-order valence-corrected chi connectivity index (χ3v) is 2.16. The Morgan fingerprint density at radius 3 is 2.68 bits per heavy atom. The van der Waals surface area contributed by atoms with Crippen molar-refractivity contribution in [3.05, 3.63) is 35.1 Å². The second kappa shape index (κ2) is 4.96. The predicted molar refractivity (Wildman–Crippen MR) is 57.2 cm³/mol. The van der Waals surface area contributed by atoms with Crippen molar-refractivity contribution >= 4 is 11.9 Å². The lowest BCUT2D eigenvalue weighted by Crippen LogP contribution is -2.16. The Labute approximate surface area is 104 Å². The van der Waals surface area contributed by atoms with E-state index in [1.165, 1.54) is 7.11 Å². The van der Waals surface area contributed by atoms with Gasteiger partial charge < -0.3 is 4.74 Å². The van der Waals surface area contributed by atoms with Gasteiger partial charge in [0.05, 0.1) is 12.7 Å². The Kier molecular flexibility index (Phi) is 3.36. The van der Waals surface area contributed by atoms with E-state index in [9.17, 15) is 18.0 Å². The Morgan fingerprint density at radius 2 is 2.05 bits per heavy atom. The molecule has 1 amide bonds. The minimum atomic E-state index is -1.72. The number of halogens is 3. The maximum absolute atomic E-state index is 13.3. The van der Waals surface area contributed by atoms with Crippen LogP contribution in [0.25, 0.3) is 0 Å². The third kappa shape index (κ3) is 2.49. The number of nitrogens with one attached hydrogen (secondary N) is 2. The molecule has 0 fully saturated rings. The fourth-order valence-corrected chi connectivity index (χ4v) is 1.27. The molecule has 1 heterocycles. The molecule has 1 aromatic carbocycles. The summed E-state index contributed by atoms with van der Waals surface area (Å²) in [5, 5.41) is 7.95. The zero-order valence-electron chi connectivity index (χ0n) is 9.50. The second-order valence-corrected chi connectivity index (χ2v) is 3.35. The molecular formula is C10H7F3N4O2. The highest BCUT2D eigenvalue weighted by molar-refractivity contribution is 6.03. The van der Waals surface area contributed by atoms with Gasteiger partial charge in [0.15, 0.2) is 17.5 Å². The summed E-state index contributed by atoms with van der Waals surface area (Å²) >= 11 is 0. The van der Waals surface area contributed by atoms with Crippen molar-refractivity contribution < 1.29 is 22.7 Å². The van der Waals surface area contributed by atoms with Crippen LogP contribution in [-0.2, 0) is 0 Å². The third-order valence-electron chi connectivity index (χ3n) is 2.16. The average molecular weight is 272 g/mol. The van der Waals surface area contributed by atoms with Gasteiger partial charge >= 0.3 is 6.01 Å². The molecule has 0 saturated carbocycles. The van der Waals surface area contributed by atoms with Gasteiger partial charge in [-0.25, -0.2) is 18.3 Å². The van der Waals surface area contributed by atoms with Gasteiger partial charge in [-0.15, -0.1) is 5.10 Å². The van der Waals surface area contributed by atoms with Crippen molar-refractivity contribution in [2.24, 2.45) is 0 Å². The fraction of sp³-hybridized carbons (Fsp3) is 0.100. The molecule has 2 N–H and O–H groups in total. The molecule has 0 spiro atoms. The van der Waals surface area contributed by atoms with Crippen LogP contribution in [0.15, 0.2) is 12.1 Å². The van der Waals surface area contributed by atoms with Crippen LogP contribution in [0.1, 0.15) is 10.4 Å². The Hall–Kier alpha value is -2.58. The van der Waals surface area contributed by atoms with Gasteiger partial charge in [-0.3, -0.25) is 10.1 Å². The standard InChI is InChI=1S/C10H7F3N4O2/c1-19-10-15-9(16-17-10)14-8(18)4-2-3-5(11)7(13)6(4)12/h2-3H,1H3,(H2,14,15,16,17,18). The molecular weight excluding hydrogens is 265 g/mol. The number of carbonyl (C=O) groups excluding carboxylic acids is 1. The normalized spacial score (nSPS) is 10.3. The van der Waals surface area contributed by atoms with E-state index >= 15 is 0 Å². The van der Waals surface area contributed by atoms with Crippen LogP contribution in [-0.4, -0.2) is 28.2 Å². The van der Waals surface area contributed by atoms with Gasteiger partial charge in [-0.2, -0.15) is 4.98 Å². The monoisotopic (exact) mass is 272 g/mol. The lowest BCUT2D eigenvalue weighted by molar-refractivity contribution is 0.102. The molecule has 1 aromatic heterocycles. The van der Waals surface area contributed by atoms with E-state index in [0.717, 1.165) is 6.07 Å². The molecule has 0 aliphatic carbocycles. The van der Waals surface area contributed by atoms with Gasteiger partial charge in [0, 0.05) is 0 Å². The van der Waals surface area contributed by atoms with Crippen LogP contribution in [0.3, 0.4) is 0 Å². The molecule has 0 aliphatic rings. The van der Waals surface area contributed by atoms with Gasteiger partial charge in [0.1, 0.15) is 0 Å². The highest BCUT2D eigenvalue weighted by Crippen LogP contribution is 2.16. The largest absolute Gasteiger partial charge is 0.466 e. The van der Waals surface area contributed by atoms with Crippen molar-refractivity contribution in [2.45, 2.75) is 0 Å². The molecule has 100 valence electrons. The minimum Gasteiger partial charge on any atom is -0.466 e. The zero-order valence-corrected chi connectivity index (χ0v) is 9.50. The van der Waals surface area contributed by atoms with E-state index in [2.05, 4.69) is 25.2 Å². The topological polar surface area (TPSA) is 79.9 Å². The van der Waals surface area contributed by atoms with E-state index in [4.69, 9.17) is 0 Å². The van der Waals surface area contributed by atoms with E-state index in [0.29, 0.717) is 6.07 Å². The van der Waals surface area contributed by atoms with Crippen molar-refractivity contribution in [2.75, 3.05) is 12.4 Å². The number of rotatable bonds is 3. The number of aromatic amines is 1. The first-order valence-electron chi connectivity index (χ1n) is 4.94. The number of nitrogens with zero attached hydrogens (tertiary/aromatic N) is 2. The second-order valence-electron chi connectivity index (χ2n) is 3.35. The summed E-state index contributed by atoms with van der Waals surface area (Å²) < 4.78 is 43.7. The molecule has 2 aromatic rings. The van der Waals surface area contributed by atoms with Crippen molar-refractivity contribution in [3.63, 3.8) is 0 Å². The predicted octanol–water partition coefficient (Wildman–Crippen LogP) is 1.48. The number of carbonyl (C=O) groups is 1. The number of hydrogen-bond acceptors (Lipinski definition) is 4. The Balaban J connectivity index is 2.23. The molecule has 0 atom stereocenters. The number of aromatic nitrogens is 3. The number of ether oxygens (including phenoxy) is 1. The number of hydrogen-bond donors (Lipinski definition) is 2. The summed E-state index contributed by atoms with van der Waals surface area (Å²) in [6.07, 6.45) is 0. The van der Waals surface area contributed by atoms with Gasteiger partial charge in [-0.1, -0.05) is 0 Å². The first-order chi connectivity index (χ1) is 9.02. The summed E-state index contributed by atoms with van der Waals surface area (Å²) in [6, 6.07) is 1.42. The molecule has 0 saturated heterocycles. The molecule has 19 heavy (non-hydrogen) atoms. The zero-order chi connectivity index (χ0) is 14.0. The summed E-state index contributed by atoms with van der Waals surface area (Å²) in [6.45, 7) is 0. The van der Waals surface area contributed by atoms with Gasteiger partial charge in [0.25, 0.3) is 5.91 Å². The molecule has 2 rings (SSSR count). The van der Waals surface area contributed by atoms with E-state index < -0.39 is 28.9 Å². The average Bonchev–Trinajstić information content (AvgIpc) is 2.83. The number of anilines is 1. The van der Waals surface area contributed by atoms with Crippen LogP contribution < -0.4 is 10.1 Å². The maximum Gasteiger partial charge on any atom is 0.336 e. The maximum atomic E-state index is 13.3. The summed E-state index contributed by atoms with van der Waals surface area (Å²) in [7, 11) is 1.31. The lowest BCUT2D eigenvalue weighted by atomic mass is 10.2. The number of benzene rings is 1. The van der Waals surface area contributed by atoms with Crippen LogP contribution >= 0.6 is 0 Å². The number of H-pyrrole nitrogens is 1. The highest BCUT2D eigenvalue weighted by Gasteiger charge is 2.19. The van der Waals surface area contributed by atoms with Crippen LogP contribution in [0.2, 0.25) is 0 Å². The Bertz CT molecular complexity index is 629. The molecule has 0 unspecified atom stereocenters. The summed E-state index contributed by atoms with van der Waals surface area (Å²) in [5.74, 6) is -5.80. The molecule has 0 radical (unpaired) electrons. The van der Waals surface area contributed by atoms with E-state index in [1.54, 1.807) is 0 Å². The fourth-order valence-electron chi connectivity index (χ4n) is 1.27. The van der Waals surface area contributed by atoms with Crippen LogP contribution in [0, 0.1) is 17.5 Å². The molecule has 6 nitrogen and oxygen atoms in total. The molecule has 9 heteroatoms. The quantitative estimate of drug-likeness (QED) is 0.829.